The molecular weight excluding hydrogens is 802 g/mol. The molecule has 2 bridgehead atoms. The Hall–Kier alpha value is -4.99. The summed E-state index contributed by atoms with van der Waals surface area (Å²) in [5.41, 5.74) is -1.25. The van der Waals surface area contributed by atoms with E-state index in [0.717, 1.165) is 49.8 Å². The summed E-state index contributed by atoms with van der Waals surface area (Å²) in [6.45, 7) is 12.5. The molecule has 1 aromatic carbocycles. The summed E-state index contributed by atoms with van der Waals surface area (Å²) in [4.78, 5) is 46.2. The quantitative estimate of drug-likeness (QED) is 0.200. The fraction of sp³-hybridized carbons (Fsp3) is 0.571. The number of nitriles is 1. The number of likely N-dealkylation sites (tertiary alicyclic amines) is 1. The Morgan fingerprint density at radius 1 is 1.03 bits per heavy atom. The van der Waals surface area contributed by atoms with Crippen LogP contribution in [0.15, 0.2) is 6.20 Å². The number of nitrogens with one attached hydrogen (secondary N) is 1. The highest BCUT2D eigenvalue weighted by molar-refractivity contribution is 7.23. The van der Waals surface area contributed by atoms with Gasteiger partial charge in [-0.15, -0.1) is 11.3 Å². The highest BCUT2D eigenvalue weighted by atomic mass is 32.1. The van der Waals surface area contributed by atoms with Gasteiger partial charge in [-0.05, 0) is 84.9 Å². The van der Waals surface area contributed by atoms with Crippen molar-refractivity contribution in [1.82, 2.24) is 24.8 Å². The third-order valence-corrected chi connectivity index (χ3v) is 13.1. The van der Waals surface area contributed by atoms with Gasteiger partial charge >= 0.3 is 18.2 Å². The maximum atomic E-state index is 17.9. The lowest BCUT2D eigenvalue weighted by molar-refractivity contribution is 0.0209. The third-order valence-electron chi connectivity index (χ3n) is 12.0. The van der Waals surface area contributed by atoms with Crippen LogP contribution in [-0.4, -0.2) is 105 Å². The van der Waals surface area contributed by atoms with Crippen molar-refractivity contribution in [3.63, 3.8) is 0 Å². The zero-order chi connectivity index (χ0) is 42.5. The molecule has 318 valence electrons. The van der Waals surface area contributed by atoms with Crippen LogP contribution in [0.5, 0.6) is 6.01 Å². The first-order valence-electron chi connectivity index (χ1n) is 20.4. The van der Waals surface area contributed by atoms with Crippen LogP contribution >= 0.6 is 11.3 Å². The van der Waals surface area contributed by atoms with Crippen molar-refractivity contribution in [3.8, 4) is 23.3 Å². The van der Waals surface area contributed by atoms with Crippen molar-refractivity contribution < 1.29 is 41.7 Å². The fourth-order valence-electron chi connectivity index (χ4n) is 9.71. The van der Waals surface area contributed by atoms with Gasteiger partial charge in [0.2, 0.25) is 0 Å². The second-order valence-electron chi connectivity index (χ2n) is 18.4. The zero-order valence-electron chi connectivity index (χ0n) is 34.4. The highest BCUT2D eigenvalue weighted by Gasteiger charge is 2.50. The average molecular weight is 849 g/mol. The van der Waals surface area contributed by atoms with E-state index in [2.05, 4.69) is 26.2 Å². The van der Waals surface area contributed by atoms with E-state index in [0.29, 0.717) is 48.4 Å². The van der Waals surface area contributed by atoms with Crippen molar-refractivity contribution >= 4 is 55.3 Å². The van der Waals surface area contributed by atoms with Crippen LogP contribution in [0.1, 0.15) is 90.3 Å². The van der Waals surface area contributed by atoms with Gasteiger partial charge in [0, 0.05) is 49.1 Å². The summed E-state index contributed by atoms with van der Waals surface area (Å²) in [5.74, 6) is -1.13. The summed E-state index contributed by atoms with van der Waals surface area (Å²) in [6.07, 6.45) is 2.17. The largest absolute Gasteiger partial charge is 0.461 e. The predicted molar refractivity (Wildman–Crippen MR) is 217 cm³/mol. The number of carbonyl (C=O) groups excluding carboxylic acids is 2. The van der Waals surface area contributed by atoms with Crippen LogP contribution < -0.4 is 15.0 Å². The van der Waals surface area contributed by atoms with Gasteiger partial charge in [-0.2, -0.15) is 15.2 Å². The Morgan fingerprint density at radius 3 is 2.45 bits per heavy atom. The number of hydrogen-bond acceptors (Lipinski definition) is 13. The number of carbonyl (C=O) groups is 2. The molecule has 5 aliphatic rings. The molecule has 4 saturated heterocycles. The molecular formula is C42H47F3N8O6S. The molecule has 8 heterocycles. The van der Waals surface area contributed by atoms with Gasteiger partial charge in [0.05, 0.1) is 46.3 Å². The van der Waals surface area contributed by atoms with Gasteiger partial charge in [-0.25, -0.2) is 22.8 Å². The van der Waals surface area contributed by atoms with Crippen molar-refractivity contribution in [2.45, 2.75) is 122 Å². The van der Waals surface area contributed by atoms with Crippen LogP contribution in [0.4, 0.5) is 33.6 Å². The molecule has 14 nitrogen and oxygen atoms in total. The fourth-order valence-corrected chi connectivity index (χ4v) is 10.8. The van der Waals surface area contributed by atoms with E-state index in [4.69, 9.17) is 28.9 Å². The van der Waals surface area contributed by atoms with Gasteiger partial charge in [-0.3, -0.25) is 15.2 Å². The average Bonchev–Trinajstić information content (AvgIpc) is 3.98. The first-order valence-corrected chi connectivity index (χ1v) is 21.2. The predicted octanol–water partition coefficient (Wildman–Crippen LogP) is 7.98. The molecule has 18 heteroatoms. The molecule has 5 aliphatic heterocycles. The Kier molecular flexibility index (Phi) is 9.82. The number of ether oxygens (including phenoxy) is 4. The number of rotatable bonds is 6. The molecule has 3 unspecified atom stereocenters. The van der Waals surface area contributed by atoms with E-state index in [9.17, 15) is 19.2 Å². The molecule has 9 rings (SSSR count). The summed E-state index contributed by atoms with van der Waals surface area (Å²) in [7, 11) is 0. The lowest BCUT2D eigenvalue weighted by Crippen LogP contribution is -2.56. The number of hydrogen-bond donors (Lipinski definition) is 1. The molecule has 1 N–H and O–H groups in total. The smallest absolute Gasteiger partial charge is 0.412 e. The Morgan fingerprint density at radius 2 is 1.75 bits per heavy atom. The van der Waals surface area contributed by atoms with Gasteiger partial charge < -0.3 is 28.7 Å². The van der Waals surface area contributed by atoms with Crippen LogP contribution in [-0.2, 0) is 27.4 Å². The monoisotopic (exact) mass is 848 g/mol. The number of amides is 2. The maximum Gasteiger partial charge on any atom is 0.412 e. The number of pyridine rings is 1. The van der Waals surface area contributed by atoms with Crippen molar-refractivity contribution in [1.29, 1.82) is 5.26 Å². The number of fused-ring (bicyclic) bond motifs is 7. The van der Waals surface area contributed by atoms with Crippen LogP contribution in [0, 0.1) is 23.0 Å². The van der Waals surface area contributed by atoms with Crippen molar-refractivity contribution in [3.05, 3.63) is 34.5 Å². The van der Waals surface area contributed by atoms with Gasteiger partial charge in [0.1, 0.15) is 46.4 Å². The number of halogens is 3. The number of piperazine rings is 1. The minimum Gasteiger partial charge on any atom is -0.461 e. The van der Waals surface area contributed by atoms with Crippen LogP contribution in [0.25, 0.3) is 32.2 Å². The van der Waals surface area contributed by atoms with E-state index in [-0.39, 0.29) is 75.3 Å². The normalized spacial score (nSPS) is 23.9. The first kappa shape index (κ1) is 40.4. The molecule has 2 amide bonds. The second kappa shape index (κ2) is 14.6. The Labute approximate surface area is 348 Å². The number of thiophene rings is 1. The summed E-state index contributed by atoms with van der Waals surface area (Å²) in [5, 5.41) is 13.5. The SMILES string of the molecule is CC(C)(C)OC(=O)Nc1sc2c(F)cnc(-c3c4c(c5c(N6C7CCC6CN(C(=O)OC(C)(C)C)C7)nc(OC[C@@]67CCCN6CC(F)C7)nc5c3F)COC4)c2c1C#N. The number of aromatic nitrogens is 3. The van der Waals surface area contributed by atoms with Crippen molar-refractivity contribution in [2.24, 2.45) is 0 Å². The summed E-state index contributed by atoms with van der Waals surface area (Å²) < 4.78 is 71.8. The molecule has 0 aliphatic carbocycles. The molecule has 0 saturated carbocycles. The van der Waals surface area contributed by atoms with E-state index in [1.165, 1.54) is 0 Å². The molecule has 0 radical (unpaired) electrons. The number of benzene rings is 1. The lowest BCUT2D eigenvalue weighted by atomic mass is 9.93. The summed E-state index contributed by atoms with van der Waals surface area (Å²) in [6, 6.07) is 1.61. The summed E-state index contributed by atoms with van der Waals surface area (Å²) >= 11 is 0.820. The molecule has 0 spiro atoms. The van der Waals surface area contributed by atoms with E-state index < -0.39 is 46.7 Å². The van der Waals surface area contributed by atoms with Gasteiger partial charge in [0.15, 0.2) is 11.6 Å². The van der Waals surface area contributed by atoms with E-state index in [1.807, 2.05) is 20.8 Å². The van der Waals surface area contributed by atoms with Gasteiger partial charge in [0.25, 0.3) is 0 Å². The standard InChI is InChI=1S/C42H47F3N8O6S/c1-40(2,3)58-38(54)50-36-24(13-46)29-32(47-14-27(44)34(29)60-36)28-25-18-56-19-26(25)30-33(31(28)45)48-37(57-20-42-10-7-11-52(42)15-21(43)12-42)49-35(30)53-22-8-9-23(53)17-51(16-22)39(55)59-41(4,5)6/h14,21-23H,7-12,15-20H2,1-6H3,(H,50,54)/t21?,22?,23?,42-/m0/s1. The van der Waals surface area contributed by atoms with E-state index in [1.54, 1.807) is 25.7 Å². The molecule has 3 aromatic heterocycles. The lowest BCUT2D eigenvalue weighted by Gasteiger charge is -2.42. The minimum atomic E-state index is -0.989. The van der Waals surface area contributed by atoms with Gasteiger partial charge in [-0.1, -0.05) is 0 Å². The highest BCUT2D eigenvalue weighted by Crippen LogP contribution is 2.49. The zero-order valence-corrected chi connectivity index (χ0v) is 35.2. The van der Waals surface area contributed by atoms with Crippen LogP contribution in [0.3, 0.4) is 0 Å². The number of anilines is 2. The molecule has 4 atom stereocenters. The first-order chi connectivity index (χ1) is 28.4. The minimum absolute atomic E-state index is 0.00953. The van der Waals surface area contributed by atoms with Crippen LogP contribution in [0.2, 0.25) is 0 Å². The van der Waals surface area contributed by atoms with Crippen molar-refractivity contribution in [2.75, 3.05) is 43.0 Å². The third kappa shape index (κ3) is 7.01. The Balaban J connectivity index is 1.20. The topological polar surface area (TPSA) is 155 Å². The molecule has 60 heavy (non-hydrogen) atoms. The van der Waals surface area contributed by atoms with E-state index >= 15 is 8.78 Å². The number of alkyl halides is 1. The molecule has 4 aromatic rings. The number of nitrogens with zero attached hydrogens (tertiary/aromatic N) is 7. The Bertz CT molecular complexity index is 2470. The maximum absolute atomic E-state index is 17.9. The second-order valence-corrected chi connectivity index (χ2v) is 19.5. The molecule has 4 fully saturated rings.